The zero-order chi connectivity index (χ0) is 16.0. The van der Waals surface area contributed by atoms with Gasteiger partial charge < -0.3 is 5.32 Å². The van der Waals surface area contributed by atoms with E-state index < -0.39 is 0 Å². The van der Waals surface area contributed by atoms with Crippen molar-refractivity contribution in [2.24, 2.45) is 23.2 Å². The Hall–Kier alpha value is -0.460. The molecular weight excluding hydrogens is 254 g/mol. The number of rotatable bonds is 8. The Morgan fingerprint density at radius 2 is 1.95 bits per heavy atom. The van der Waals surface area contributed by atoms with Crippen LogP contribution >= 0.6 is 0 Å². The van der Waals surface area contributed by atoms with Gasteiger partial charge in [0.25, 0.3) is 0 Å². The van der Waals surface area contributed by atoms with Crippen molar-refractivity contribution in [1.82, 2.24) is 5.32 Å². The summed E-state index contributed by atoms with van der Waals surface area (Å²) in [5.74, 6) is 2.56. The topological polar surface area (TPSA) is 12.0 Å². The molecule has 0 aliphatic heterocycles. The van der Waals surface area contributed by atoms with Crippen LogP contribution in [-0.2, 0) is 0 Å². The Labute approximate surface area is 134 Å². The summed E-state index contributed by atoms with van der Waals surface area (Å²) in [5.41, 5.74) is 1.58. The summed E-state index contributed by atoms with van der Waals surface area (Å²) in [6, 6.07) is 0.638. The highest BCUT2D eigenvalue weighted by atomic mass is 14.9. The molecule has 1 aliphatic rings. The van der Waals surface area contributed by atoms with Crippen LogP contribution in [0.5, 0.6) is 0 Å². The highest BCUT2D eigenvalue weighted by Gasteiger charge is 2.39. The Balaban J connectivity index is 2.71. The molecule has 0 aromatic heterocycles. The van der Waals surface area contributed by atoms with Crippen LogP contribution in [0.25, 0.3) is 0 Å². The molecule has 0 aromatic rings. The van der Waals surface area contributed by atoms with E-state index in [-0.39, 0.29) is 0 Å². The van der Waals surface area contributed by atoms with E-state index >= 15 is 0 Å². The molecule has 0 heterocycles. The minimum absolute atomic E-state index is 0.440. The second-order valence-corrected chi connectivity index (χ2v) is 8.50. The van der Waals surface area contributed by atoms with Gasteiger partial charge in [0.1, 0.15) is 0 Å². The van der Waals surface area contributed by atoms with Crippen molar-refractivity contribution in [3.8, 4) is 0 Å². The lowest BCUT2D eigenvalue weighted by molar-refractivity contribution is 0.0781. The van der Waals surface area contributed by atoms with E-state index in [4.69, 9.17) is 0 Å². The molecule has 0 bridgehead atoms. The molecule has 3 atom stereocenters. The monoisotopic (exact) mass is 293 g/mol. The molecule has 1 rings (SSSR count). The third-order valence-electron chi connectivity index (χ3n) is 5.57. The van der Waals surface area contributed by atoms with Gasteiger partial charge in [0.2, 0.25) is 0 Å². The zero-order valence-electron chi connectivity index (χ0n) is 15.5. The van der Waals surface area contributed by atoms with Gasteiger partial charge in [-0.25, -0.2) is 0 Å². The first-order valence-electron chi connectivity index (χ1n) is 9.18. The fourth-order valence-corrected chi connectivity index (χ4v) is 4.13. The number of nitrogens with one attached hydrogen (secondary N) is 1. The van der Waals surface area contributed by atoms with Crippen LogP contribution in [0.15, 0.2) is 12.3 Å². The second kappa shape index (κ2) is 8.25. The normalized spacial score (nSPS) is 26.9. The summed E-state index contributed by atoms with van der Waals surface area (Å²) in [6.07, 6.45) is 9.56. The Morgan fingerprint density at radius 1 is 1.29 bits per heavy atom. The average molecular weight is 294 g/mol. The quantitative estimate of drug-likeness (QED) is 0.565. The number of hydrogen-bond donors (Lipinski definition) is 1. The predicted octanol–water partition coefficient (Wildman–Crippen LogP) is 6.16. The van der Waals surface area contributed by atoms with E-state index in [0.29, 0.717) is 11.5 Å². The minimum Gasteiger partial charge on any atom is -0.386 e. The number of hydrogen-bond acceptors (Lipinski definition) is 1. The van der Waals surface area contributed by atoms with Gasteiger partial charge in [0, 0.05) is 11.7 Å². The molecular formula is C20H39N. The van der Waals surface area contributed by atoms with Crippen LogP contribution in [0.1, 0.15) is 86.5 Å². The van der Waals surface area contributed by atoms with Gasteiger partial charge in [-0.1, -0.05) is 60.5 Å². The molecule has 0 spiro atoms. The Kier molecular flexibility index (Phi) is 7.30. The molecule has 21 heavy (non-hydrogen) atoms. The summed E-state index contributed by atoms with van der Waals surface area (Å²) in [5, 5.41) is 3.69. The molecule has 1 aliphatic carbocycles. The summed E-state index contributed by atoms with van der Waals surface area (Å²) in [6.45, 7) is 18.2. The highest BCUT2D eigenvalue weighted by molar-refractivity contribution is 4.98. The minimum atomic E-state index is 0.440. The fourth-order valence-electron chi connectivity index (χ4n) is 4.13. The summed E-state index contributed by atoms with van der Waals surface area (Å²) in [7, 11) is 0. The van der Waals surface area contributed by atoms with Crippen LogP contribution in [0.3, 0.4) is 0 Å². The van der Waals surface area contributed by atoms with Gasteiger partial charge in [-0.05, 0) is 55.8 Å². The lowest BCUT2D eigenvalue weighted by Crippen LogP contribution is -2.46. The lowest BCUT2D eigenvalue weighted by atomic mass is 9.63. The van der Waals surface area contributed by atoms with Crippen molar-refractivity contribution in [3.05, 3.63) is 12.3 Å². The third kappa shape index (κ3) is 6.04. The maximum absolute atomic E-state index is 4.08. The fraction of sp³-hybridized carbons (Fsp3) is 0.900. The van der Waals surface area contributed by atoms with E-state index in [9.17, 15) is 0 Å². The van der Waals surface area contributed by atoms with Gasteiger partial charge >= 0.3 is 0 Å². The van der Waals surface area contributed by atoms with E-state index in [1.807, 2.05) is 0 Å². The second-order valence-electron chi connectivity index (χ2n) is 8.50. The molecule has 1 saturated carbocycles. The van der Waals surface area contributed by atoms with Crippen molar-refractivity contribution < 1.29 is 0 Å². The molecule has 3 unspecified atom stereocenters. The van der Waals surface area contributed by atoms with Crippen molar-refractivity contribution in [2.75, 3.05) is 0 Å². The molecule has 124 valence electrons. The molecule has 1 fully saturated rings. The number of allylic oxidation sites excluding steroid dienone is 1. The van der Waals surface area contributed by atoms with E-state index in [0.717, 1.165) is 23.5 Å². The van der Waals surface area contributed by atoms with Crippen LogP contribution in [0.4, 0.5) is 0 Å². The van der Waals surface area contributed by atoms with E-state index in [1.165, 1.54) is 44.9 Å². The SMILES string of the molecule is C=C(C)NC1CCC(CC)CC1C(C)(C)CCCC(C)C. The first kappa shape index (κ1) is 18.6. The summed E-state index contributed by atoms with van der Waals surface area (Å²) < 4.78 is 0. The van der Waals surface area contributed by atoms with Gasteiger partial charge in [0.05, 0.1) is 0 Å². The smallest absolute Gasteiger partial charge is 0.0291 e. The molecule has 1 N–H and O–H groups in total. The van der Waals surface area contributed by atoms with E-state index in [2.05, 4.69) is 53.4 Å². The molecule has 0 aromatic carbocycles. The largest absolute Gasteiger partial charge is 0.386 e. The van der Waals surface area contributed by atoms with Crippen molar-refractivity contribution >= 4 is 0 Å². The predicted molar refractivity (Wildman–Crippen MR) is 95.3 cm³/mol. The maximum atomic E-state index is 4.08. The van der Waals surface area contributed by atoms with Gasteiger partial charge in [-0.3, -0.25) is 0 Å². The van der Waals surface area contributed by atoms with Crippen LogP contribution in [0, 0.1) is 23.2 Å². The van der Waals surface area contributed by atoms with Crippen molar-refractivity contribution in [1.29, 1.82) is 0 Å². The standard InChI is InChI=1S/C20H39N/c1-8-17-11-12-19(21-16(4)5)18(14-17)20(6,7)13-9-10-15(2)3/h15,17-19,21H,4,8-14H2,1-3,5-7H3. The average Bonchev–Trinajstić information content (AvgIpc) is 2.37. The third-order valence-corrected chi connectivity index (χ3v) is 5.57. The lowest BCUT2D eigenvalue weighted by Gasteiger charge is -2.46. The van der Waals surface area contributed by atoms with Crippen LogP contribution in [0.2, 0.25) is 0 Å². The molecule has 1 nitrogen and oxygen atoms in total. The maximum Gasteiger partial charge on any atom is 0.0291 e. The van der Waals surface area contributed by atoms with Gasteiger partial charge in [-0.2, -0.15) is 0 Å². The summed E-state index contributed by atoms with van der Waals surface area (Å²) in [4.78, 5) is 0. The Morgan fingerprint density at radius 3 is 2.48 bits per heavy atom. The molecule has 0 saturated heterocycles. The van der Waals surface area contributed by atoms with Gasteiger partial charge in [-0.15, -0.1) is 0 Å². The first-order valence-corrected chi connectivity index (χ1v) is 9.18. The van der Waals surface area contributed by atoms with Crippen molar-refractivity contribution in [2.45, 2.75) is 92.5 Å². The highest BCUT2D eigenvalue weighted by Crippen LogP contribution is 2.44. The zero-order valence-corrected chi connectivity index (χ0v) is 15.5. The molecule has 0 radical (unpaired) electrons. The van der Waals surface area contributed by atoms with Gasteiger partial charge in [0.15, 0.2) is 0 Å². The first-order chi connectivity index (χ1) is 9.76. The van der Waals surface area contributed by atoms with Crippen molar-refractivity contribution in [3.63, 3.8) is 0 Å². The van der Waals surface area contributed by atoms with Crippen LogP contribution in [-0.4, -0.2) is 6.04 Å². The Bertz CT molecular complexity index is 316. The summed E-state index contributed by atoms with van der Waals surface area (Å²) >= 11 is 0. The molecule has 1 heteroatoms. The van der Waals surface area contributed by atoms with E-state index in [1.54, 1.807) is 0 Å². The molecule has 0 amide bonds. The van der Waals surface area contributed by atoms with Crippen LogP contribution < -0.4 is 5.32 Å².